The number of methoxy groups -OCH3 is 1. The first-order valence-corrected chi connectivity index (χ1v) is 9.02. The molecule has 0 spiro atoms. The predicted molar refractivity (Wildman–Crippen MR) is 101 cm³/mol. The van der Waals surface area contributed by atoms with Crippen LogP contribution in [0.3, 0.4) is 0 Å². The lowest BCUT2D eigenvalue weighted by atomic mass is 9.80. The van der Waals surface area contributed by atoms with E-state index in [-0.39, 0.29) is 11.8 Å². The number of nitrogens with zero attached hydrogens (tertiary/aromatic N) is 1. The quantitative estimate of drug-likeness (QED) is 0.441. The molecule has 148 valence electrons. The van der Waals surface area contributed by atoms with E-state index in [1.54, 1.807) is 32.9 Å². The van der Waals surface area contributed by atoms with Gasteiger partial charge in [0.05, 0.1) is 18.9 Å². The molecule has 0 unspecified atom stereocenters. The SMILES string of the molecule is COC(=O)[C@@]1(C)N[C@@H](c2ccc(C#CC(C)(C)O)cc2)[C@H]2C(=O)N(C)C(=O)[C@H]21. The Morgan fingerprint density at radius 2 is 1.86 bits per heavy atom. The van der Waals surface area contributed by atoms with Gasteiger partial charge in [-0.05, 0) is 38.5 Å². The van der Waals surface area contributed by atoms with Gasteiger partial charge in [-0.2, -0.15) is 0 Å². The smallest absolute Gasteiger partial charge is 0.326 e. The zero-order valence-corrected chi connectivity index (χ0v) is 16.6. The molecule has 2 fully saturated rings. The van der Waals surface area contributed by atoms with Gasteiger partial charge in [-0.1, -0.05) is 24.0 Å². The van der Waals surface area contributed by atoms with E-state index in [0.717, 1.165) is 10.5 Å². The van der Waals surface area contributed by atoms with Crippen LogP contribution in [0.15, 0.2) is 24.3 Å². The highest BCUT2D eigenvalue weighted by molar-refractivity contribution is 6.09. The second kappa shape index (κ2) is 6.73. The molecule has 7 nitrogen and oxygen atoms in total. The molecule has 0 bridgehead atoms. The van der Waals surface area contributed by atoms with Crippen molar-refractivity contribution in [2.75, 3.05) is 14.2 Å². The minimum atomic E-state index is -1.29. The van der Waals surface area contributed by atoms with Gasteiger partial charge in [-0.3, -0.25) is 24.6 Å². The molecule has 2 aliphatic heterocycles. The van der Waals surface area contributed by atoms with Gasteiger partial charge in [-0.25, -0.2) is 0 Å². The number of nitrogens with one attached hydrogen (secondary N) is 1. The van der Waals surface area contributed by atoms with E-state index in [1.807, 2.05) is 12.1 Å². The maximum atomic E-state index is 12.7. The van der Waals surface area contributed by atoms with Gasteiger partial charge >= 0.3 is 5.97 Å². The number of hydrogen-bond acceptors (Lipinski definition) is 6. The molecule has 0 saturated carbocycles. The van der Waals surface area contributed by atoms with Gasteiger partial charge < -0.3 is 9.84 Å². The van der Waals surface area contributed by atoms with Gasteiger partial charge in [0, 0.05) is 18.7 Å². The van der Waals surface area contributed by atoms with Crippen LogP contribution in [-0.4, -0.2) is 53.1 Å². The third-order valence-corrected chi connectivity index (χ3v) is 5.40. The molecule has 7 heteroatoms. The highest BCUT2D eigenvalue weighted by atomic mass is 16.5. The number of fused-ring (bicyclic) bond motifs is 1. The molecule has 1 aromatic rings. The summed E-state index contributed by atoms with van der Waals surface area (Å²) in [5, 5.41) is 12.9. The number of likely N-dealkylation sites (tertiary alicyclic amines) is 1. The van der Waals surface area contributed by atoms with Crippen molar-refractivity contribution in [3.63, 3.8) is 0 Å². The van der Waals surface area contributed by atoms with Crippen LogP contribution in [-0.2, 0) is 19.1 Å². The van der Waals surface area contributed by atoms with Gasteiger partial charge in [-0.15, -0.1) is 0 Å². The molecule has 2 saturated heterocycles. The summed E-state index contributed by atoms with van der Waals surface area (Å²) >= 11 is 0. The van der Waals surface area contributed by atoms with Crippen molar-refractivity contribution in [1.29, 1.82) is 0 Å². The number of benzene rings is 1. The lowest BCUT2D eigenvalue weighted by Crippen LogP contribution is -2.53. The maximum absolute atomic E-state index is 12.7. The van der Waals surface area contributed by atoms with Crippen LogP contribution in [0.25, 0.3) is 0 Å². The zero-order valence-electron chi connectivity index (χ0n) is 16.6. The van der Waals surface area contributed by atoms with E-state index in [1.165, 1.54) is 14.2 Å². The van der Waals surface area contributed by atoms with E-state index in [2.05, 4.69) is 17.2 Å². The third kappa shape index (κ3) is 3.19. The fourth-order valence-electron chi connectivity index (χ4n) is 3.97. The number of hydrogen-bond donors (Lipinski definition) is 2. The lowest BCUT2D eigenvalue weighted by molar-refractivity contribution is -0.152. The Morgan fingerprint density at radius 3 is 2.39 bits per heavy atom. The monoisotopic (exact) mass is 384 g/mol. The van der Waals surface area contributed by atoms with E-state index in [9.17, 15) is 19.5 Å². The number of carbonyl (C=O) groups excluding carboxylic acids is 3. The first kappa shape index (κ1) is 20.1. The molecular formula is C21H24N2O5. The van der Waals surface area contributed by atoms with Crippen LogP contribution >= 0.6 is 0 Å². The van der Waals surface area contributed by atoms with Crippen LogP contribution in [0.2, 0.25) is 0 Å². The summed E-state index contributed by atoms with van der Waals surface area (Å²) in [7, 11) is 2.70. The molecule has 1 aromatic carbocycles. The van der Waals surface area contributed by atoms with Gasteiger partial charge in [0.25, 0.3) is 0 Å². The number of carbonyl (C=O) groups is 3. The number of imide groups is 1. The third-order valence-electron chi connectivity index (χ3n) is 5.40. The average Bonchev–Trinajstić information content (AvgIpc) is 3.09. The molecule has 0 radical (unpaired) electrons. The standard InChI is InChI=1S/C21H24N2O5/c1-20(2,27)11-10-12-6-8-13(9-7-12)16-14-15(18(25)23(4)17(14)24)21(3,22-16)19(26)28-5/h6-9,14-16,22,27H,1-5H3/t14-,15-,16-,21-/m0/s1. The van der Waals surface area contributed by atoms with Crippen LogP contribution in [0, 0.1) is 23.7 Å². The molecule has 28 heavy (non-hydrogen) atoms. The Bertz CT molecular complexity index is 890. The second-order valence-electron chi connectivity index (χ2n) is 7.99. The molecule has 0 aliphatic carbocycles. The summed E-state index contributed by atoms with van der Waals surface area (Å²) in [5.41, 5.74) is -0.904. The summed E-state index contributed by atoms with van der Waals surface area (Å²) in [4.78, 5) is 38.9. The van der Waals surface area contributed by atoms with Crippen molar-refractivity contribution < 1.29 is 24.2 Å². The normalized spacial score (nSPS) is 29.4. The summed E-state index contributed by atoms with van der Waals surface area (Å²) in [6.07, 6.45) is 0. The summed E-state index contributed by atoms with van der Waals surface area (Å²) in [5.74, 6) is 2.85. The van der Waals surface area contributed by atoms with Gasteiger partial charge in [0.2, 0.25) is 11.8 Å². The predicted octanol–water partition coefficient (Wildman–Crippen LogP) is 0.616. The fraction of sp³-hybridized carbons (Fsp3) is 0.476. The van der Waals surface area contributed by atoms with Crippen molar-refractivity contribution in [3.8, 4) is 11.8 Å². The van der Waals surface area contributed by atoms with Crippen LogP contribution < -0.4 is 5.32 Å². The minimum Gasteiger partial charge on any atom is -0.468 e. The fourth-order valence-corrected chi connectivity index (χ4v) is 3.97. The van der Waals surface area contributed by atoms with Crippen molar-refractivity contribution in [2.24, 2.45) is 11.8 Å². The Kier molecular flexibility index (Phi) is 4.82. The molecule has 2 heterocycles. The molecular weight excluding hydrogens is 360 g/mol. The van der Waals surface area contributed by atoms with Crippen LogP contribution in [0.4, 0.5) is 0 Å². The van der Waals surface area contributed by atoms with E-state index in [0.29, 0.717) is 5.56 Å². The van der Waals surface area contributed by atoms with Crippen molar-refractivity contribution in [3.05, 3.63) is 35.4 Å². The van der Waals surface area contributed by atoms with E-state index in [4.69, 9.17) is 4.74 Å². The minimum absolute atomic E-state index is 0.314. The summed E-state index contributed by atoms with van der Waals surface area (Å²) in [6.45, 7) is 4.80. The average molecular weight is 384 g/mol. The lowest BCUT2D eigenvalue weighted by Gasteiger charge is -2.27. The van der Waals surface area contributed by atoms with Crippen molar-refractivity contribution >= 4 is 17.8 Å². The Morgan fingerprint density at radius 1 is 1.25 bits per heavy atom. The highest BCUT2D eigenvalue weighted by Gasteiger charge is 2.66. The van der Waals surface area contributed by atoms with Crippen LogP contribution in [0.5, 0.6) is 0 Å². The van der Waals surface area contributed by atoms with Crippen molar-refractivity contribution in [1.82, 2.24) is 10.2 Å². The Hall–Kier alpha value is -2.69. The Balaban J connectivity index is 1.98. The molecule has 3 rings (SSSR count). The summed E-state index contributed by atoms with van der Waals surface area (Å²) < 4.78 is 4.91. The van der Waals surface area contributed by atoms with Crippen molar-refractivity contribution in [2.45, 2.75) is 38.0 Å². The molecule has 2 aliphatic rings. The van der Waals surface area contributed by atoms with Gasteiger partial charge in [0.1, 0.15) is 11.1 Å². The number of rotatable bonds is 2. The van der Waals surface area contributed by atoms with Crippen LogP contribution in [0.1, 0.15) is 37.9 Å². The topological polar surface area (TPSA) is 95.9 Å². The number of aliphatic hydroxyl groups is 1. The zero-order chi connectivity index (χ0) is 20.9. The molecule has 2 N–H and O–H groups in total. The summed E-state index contributed by atoms with van der Waals surface area (Å²) in [6, 6.07) is 6.67. The first-order valence-electron chi connectivity index (χ1n) is 9.02. The number of ether oxygens (including phenoxy) is 1. The van der Waals surface area contributed by atoms with Gasteiger partial charge in [0.15, 0.2) is 0 Å². The largest absolute Gasteiger partial charge is 0.468 e. The second-order valence-corrected chi connectivity index (χ2v) is 7.99. The Labute approximate surface area is 164 Å². The molecule has 2 amide bonds. The maximum Gasteiger partial charge on any atom is 0.326 e. The molecule has 4 atom stereocenters. The molecule has 0 aromatic heterocycles. The number of esters is 1. The highest BCUT2D eigenvalue weighted by Crippen LogP contribution is 2.48. The van der Waals surface area contributed by atoms with E-state index < -0.39 is 35.0 Å². The first-order chi connectivity index (χ1) is 13.0. The number of amides is 2. The van der Waals surface area contributed by atoms with E-state index >= 15 is 0 Å².